The van der Waals surface area contributed by atoms with Gasteiger partial charge in [0.2, 0.25) is 0 Å². The van der Waals surface area contributed by atoms with E-state index in [-0.39, 0.29) is 16.9 Å². The van der Waals surface area contributed by atoms with Crippen molar-refractivity contribution in [2.24, 2.45) is 5.92 Å². The molecule has 0 bridgehead atoms. The second kappa shape index (κ2) is 7.14. The standard InChI is InChI=1S/C15H21ClFNO2/c1-3-4-12(10-7-8-18-9-10)20-15-11(17)5-6-13(19-2)14(15)16/h5-6,10,12,18H,3-4,7-9H2,1-2H3/t10?,12-/m0/s1. The molecule has 0 aliphatic carbocycles. The van der Waals surface area contributed by atoms with E-state index in [4.69, 9.17) is 21.1 Å². The van der Waals surface area contributed by atoms with E-state index in [1.807, 2.05) is 0 Å². The highest BCUT2D eigenvalue weighted by Gasteiger charge is 2.28. The summed E-state index contributed by atoms with van der Waals surface area (Å²) < 4.78 is 25.0. The van der Waals surface area contributed by atoms with Gasteiger partial charge in [0.25, 0.3) is 0 Å². The molecule has 1 aromatic rings. The van der Waals surface area contributed by atoms with Gasteiger partial charge in [-0.3, -0.25) is 0 Å². The van der Waals surface area contributed by atoms with E-state index in [0.29, 0.717) is 11.7 Å². The van der Waals surface area contributed by atoms with Crippen LogP contribution in [0.4, 0.5) is 4.39 Å². The van der Waals surface area contributed by atoms with Crippen LogP contribution in [0.15, 0.2) is 12.1 Å². The molecule has 5 heteroatoms. The Morgan fingerprint density at radius 2 is 2.30 bits per heavy atom. The van der Waals surface area contributed by atoms with Crippen LogP contribution in [-0.4, -0.2) is 26.3 Å². The highest BCUT2D eigenvalue weighted by atomic mass is 35.5. The van der Waals surface area contributed by atoms with Crippen molar-refractivity contribution >= 4 is 11.6 Å². The molecular weight excluding hydrogens is 281 g/mol. The number of benzene rings is 1. The van der Waals surface area contributed by atoms with Crippen molar-refractivity contribution in [2.45, 2.75) is 32.3 Å². The van der Waals surface area contributed by atoms with E-state index in [9.17, 15) is 4.39 Å². The van der Waals surface area contributed by atoms with Crippen LogP contribution < -0.4 is 14.8 Å². The Morgan fingerprint density at radius 3 is 2.90 bits per heavy atom. The van der Waals surface area contributed by atoms with Gasteiger partial charge in [0.15, 0.2) is 11.6 Å². The van der Waals surface area contributed by atoms with E-state index in [0.717, 1.165) is 32.4 Å². The Bertz CT molecular complexity index is 450. The third kappa shape index (κ3) is 3.36. The van der Waals surface area contributed by atoms with Crippen LogP contribution in [0.1, 0.15) is 26.2 Å². The van der Waals surface area contributed by atoms with Gasteiger partial charge in [-0.05, 0) is 31.5 Å². The minimum absolute atomic E-state index is 0.0193. The van der Waals surface area contributed by atoms with E-state index >= 15 is 0 Å². The summed E-state index contributed by atoms with van der Waals surface area (Å²) in [5.74, 6) is 0.499. The van der Waals surface area contributed by atoms with Crippen molar-refractivity contribution in [1.82, 2.24) is 5.32 Å². The molecule has 3 nitrogen and oxygen atoms in total. The maximum Gasteiger partial charge on any atom is 0.177 e. The van der Waals surface area contributed by atoms with Crippen LogP contribution >= 0.6 is 11.6 Å². The van der Waals surface area contributed by atoms with Gasteiger partial charge in [-0.1, -0.05) is 24.9 Å². The molecule has 112 valence electrons. The Balaban J connectivity index is 2.21. The predicted molar refractivity (Wildman–Crippen MR) is 78.3 cm³/mol. The molecule has 1 N–H and O–H groups in total. The third-order valence-corrected chi connectivity index (χ3v) is 4.06. The Morgan fingerprint density at radius 1 is 1.50 bits per heavy atom. The fourth-order valence-corrected chi connectivity index (χ4v) is 2.88. The number of hydrogen-bond donors (Lipinski definition) is 1. The summed E-state index contributed by atoms with van der Waals surface area (Å²) in [6, 6.07) is 2.84. The van der Waals surface area contributed by atoms with Gasteiger partial charge in [0, 0.05) is 12.5 Å². The maximum atomic E-state index is 14.0. The lowest BCUT2D eigenvalue weighted by Gasteiger charge is -2.25. The largest absolute Gasteiger partial charge is 0.495 e. The van der Waals surface area contributed by atoms with Crippen LogP contribution in [0.2, 0.25) is 5.02 Å². The molecule has 0 radical (unpaired) electrons. The molecule has 2 rings (SSSR count). The van der Waals surface area contributed by atoms with E-state index in [1.165, 1.54) is 19.2 Å². The zero-order valence-electron chi connectivity index (χ0n) is 11.9. The summed E-state index contributed by atoms with van der Waals surface area (Å²) in [4.78, 5) is 0. The van der Waals surface area contributed by atoms with E-state index in [2.05, 4.69) is 12.2 Å². The quantitative estimate of drug-likeness (QED) is 0.870. The molecule has 1 aliphatic rings. The second-order valence-electron chi connectivity index (χ2n) is 5.09. The highest BCUT2D eigenvalue weighted by molar-refractivity contribution is 6.33. The zero-order valence-corrected chi connectivity index (χ0v) is 12.7. The van der Waals surface area contributed by atoms with Crippen LogP contribution in [0.5, 0.6) is 11.5 Å². The molecule has 0 saturated carbocycles. The first kappa shape index (κ1) is 15.4. The minimum Gasteiger partial charge on any atom is -0.495 e. The van der Waals surface area contributed by atoms with Gasteiger partial charge in [0.1, 0.15) is 16.9 Å². The fraction of sp³-hybridized carbons (Fsp3) is 0.600. The number of rotatable bonds is 6. The van der Waals surface area contributed by atoms with E-state index < -0.39 is 5.82 Å². The molecule has 1 fully saturated rings. The summed E-state index contributed by atoms with van der Waals surface area (Å²) in [5, 5.41) is 3.53. The third-order valence-electron chi connectivity index (χ3n) is 3.70. The van der Waals surface area contributed by atoms with Gasteiger partial charge in [0.05, 0.1) is 7.11 Å². The molecule has 20 heavy (non-hydrogen) atoms. The smallest absolute Gasteiger partial charge is 0.177 e. The second-order valence-corrected chi connectivity index (χ2v) is 5.47. The lowest BCUT2D eigenvalue weighted by Crippen LogP contribution is -2.29. The summed E-state index contributed by atoms with van der Waals surface area (Å²) in [7, 11) is 1.51. The first-order valence-electron chi connectivity index (χ1n) is 7.06. The summed E-state index contributed by atoms with van der Waals surface area (Å²) in [5.41, 5.74) is 0. The Hall–Kier alpha value is -1.00. The molecule has 1 heterocycles. The minimum atomic E-state index is -0.442. The molecule has 0 amide bonds. The van der Waals surface area contributed by atoms with Gasteiger partial charge in [-0.15, -0.1) is 0 Å². The zero-order chi connectivity index (χ0) is 14.5. The first-order chi connectivity index (χ1) is 9.67. The van der Waals surface area contributed by atoms with Crippen molar-refractivity contribution < 1.29 is 13.9 Å². The average molecular weight is 302 g/mol. The average Bonchev–Trinajstić information content (AvgIpc) is 2.96. The lowest BCUT2D eigenvalue weighted by atomic mass is 9.97. The lowest BCUT2D eigenvalue weighted by molar-refractivity contribution is 0.126. The maximum absolute atomic E-state index is 14.0. The fourth-order valence-electron chi connectivity index (χ4n) is 2.60. The van der Waals surface area contributed by atoms with Crippen molar-refractivity contribution in [1.29, 1.82) is 0 Å². The van der Waals surface area contributed by atoms with Crippen molar-refractivity contribution in [3.8, 4) is 11.5 Å². The number of methoxy groups -OCH3 is 1. The van der Waals surface area contributed by atoms with Gasteiger partial charge >= 0.3 is 0 Å². The Labute approximate surface area is 124 Å². The van der Waals surface area contributed by atoms with Gasteiger partial charge in [-0.25, -0.2) is 4.39 Å². The van der Waals surface area contributed by atoms with Crippen molar-refractivity contribution in [3.05, 3.63) is 23.0 Å². The van der Waals surface area contributed by atoms with Crippen LogP contribution in [0, 0.1) is 11.7 Å². The summed E-state index contributed by atoms with van der Waals surface area (Å²) in [6.07, 6.45) is 2.91. The SMILES string of the molecule is CCC[C@H](Oc1c(F)ccc(OC)c1Cl)C1CCNC1. The molecule has 0 aromatic heterocycles. The van der Waals surface area contributed by atoms with Gasteiger partial charge in [-0.2, -0.15) is 0 Å². The molecular formula is C15H21ClFNO2. The molecule has 2 atom stereocenters. The topological polar surface area (TPSA) is 30.5 Å². The Kier molecular flexibility index (Phi) is 5.49. The molecule has 0 spiro atoms. The summed E-state index contributed by atoms with van der Waals surface area (Å²) in [6.45, 7) is 4.00. The number of ether oxygens (including phenoxy) is 2. The molecule has 1 saturated heterocycles. The monoisotopic (exact) mass is 301 g/mol. The number of hydrogen-bond acceptors (Lipinski definition) is 3. The highest BCUT2D eigenvalue weighted by Crippen LogP contribution is 2.38. The molecule has 1 aliphatic heterocycles. The van der Waals surface area contributed by atoms with Crippen LogP contribution in [0.25, 0.3) is 0 Å². The predicted octanol–water partition coefficient (Wildman–Crippen LogP) is 3.64. The van der Waals surface area contributed by atoms with E-state index in [1.54, 1.807) is 0 Å². The normalized spacial score (nSPS) is 19.9. The van der Waals surface area contributed by atoms with Gasteiger partial charge < -0.3 is 14.8 Å². The van der Waals surface area contributed by atoms with Crippen LogP contribution in [0.3, 0.4) is 0 Å². The van der Waals surface area contributed by atoms with Crippen LogP contribution in [-0.2, 0) is 0 Å². The molecule has 1 unspecified atom stereocenters. The first-order valence-corrected chi connectivity index (χ1v) is 7.44. The van der Waals surface area contributed by atoms with Crippen molar-refractivity contribution in [2.75, 3.05) is 20.2 Å². The number of nitrogens with one attached hydrogen (secondary N) is 1. The number of halogens is 2. The van der Waals surface area contributed by atoms with Crippen molar-refractivity contribution in [3.63, 3.8) is 0 Å². The summed E-state index contributed by atoms with van der Waals surface area (Å²) >= 11 is 6.16. The molecule has 1 aromatic carbocycles.